The van der Waals surface area contributed by atoms with E-state index in [1.165, 1.54) is 0 Å². The topological polar surface area (TPSA) is 63.0 Å². The summed E-state index contributed by atoms with van der Waals surface area (Å²) in [5, 5.41) is 3.13. The van der Waals surface area contributed by atoms with Gasteiger partial charge < -0.3 is 9.88 Å². The van der Waals surface area contributed by atoms with Crippen LogP contribution in [0.4, 0.5) is 10.2 Å². The van der Waals surface area contributed by atoms with Crippen molar-refractivity contribution in [2.24, 2.45) is 7.05 Å². The number of likely N-dealkylation sites (tertiary alicyclic amines) is 1. The number of anilines is 1. The van der Waals surface area contributed by atoms with Gasteiger partial charge in [-0.25, -0.2) is 14.4 Å². The summed E-state index contributed by atoms with van der Waals surface area (Å²) >= 11 is 0. The van der Waals surface area contributed by atoms with E-state index in [4.69, 9.17) is 0 Å². The number of piperidine rings is 1. The van der Waals surface area contributed by atoms with E-state index in [0.717, 1.165) is 11.3 Å². The number of hydrogen-bond donors (Lipinski definition) is 1. The molecule has 0 bridgehead atoms. The largest absolute Gasteiger partial charge is 0.367 e. The molecule has 1 aliphatic rings. The lowest BCUT2D eigenvalue weighted by molar-refractivity contribution is 0.0653. The molecule has 0 atom stereocenters. The minimum absolute atomic E-state index is 0.0148. The van der Waals surface area contributed by atoms with E-state index < -0.39 is 5.67 Å². The fourth-order valence-electron chi connectivity index (χ4n) is 3.29. The molecule has 0 amide bonds. The summed E-state index contributed by atoms with van der Waals surface area (Å²) in [4.78, 5) is 22.5. The predicted molar refractivity (Wildman–Crippen MR) is 100 cm³/mol. The number of aromatic nitrogens is 3. The molecule has 3 rings (SSSR count). The maximum atomic E-state index is 15.1. The first kappa shape index (κ1) is 18.5. The van der Waals surface area contributed by atoms with Crippen LogP contribution in [0.15, 0.2) is 29.2 Å². The van der Waals surface area contributed by atoms with E-state index in [9.17, 15) is 4.79 Å². The molecule has 2 aromatic heterocycles. The zero-order valence-corrected chi connectivity index (χ0v) is 15.6. The van der Waals surface area contributed by atoms with Gasteiger partial charge in [0.2, 0.25) is 0 Å². The third-order valence-electron chi connectivity index (χ3n) is 4.88. The van der Waals surface area contributed by atoms with Gasteiger partial charge in [-0.05, 0) is 38.3 Å². The molecule has 1 N–H and O–H groups in total. The van der Waals surface area contributed by atoms with Crippen LogP contribution in [0.1, 0.15) is 29.9 Å². The number of nitrogens with one attached hydrogen (secondary N) is 1. The molecule has 0 unspecified atom stereocenters. The number of hydrogen-bond acceptors (Lipinski definition) is 5. The third kappa shape index (κ3) is 4.66. The molecule has 0 radical (unpaired) electrons. The SMILES string of the molecule is Cc1cc(NCC2(F)CCN(Cc3ccn(C)c(=O)c3)CC2)nc(C)n1. The Morgan fingerprint density at radius 2 is 1.96 bits per heavy atom. The van der Waals surface area contributed by atoms with Crippen molar-refractivity contribution in [1.29, 1.82) is 0 Å². The van der Waals surface area contributed by atoms with Crippen molar-refractivity contribution in [3.05, 3.63) is 51.8 Å². The molecule has 0 aliphatic carbocycles. The van der Waals surface area contributed by atoms with Crippen LogP contribution in [0, 0.1) is 13.8 Å². The Morgan fingerprint density at radius 3 is 2.62 bits per heavy atom. The Kier molecular flexibility index (Phi) is 5.36. The fraction of sp³-hybridized carbons (Fsp3) is 0.526. The molecule has 0 spiro atoms. The van der Waals surface area contributed by atoms with E-state index in [1.807, 2.05) is 26.0 Å². The molecular weight excluding hydrogens is 333 g/mol. The highest BCUT2D eigenvalue weighted by Gasteiger charge is 2.34. The molecule has 140 valence electrons. The molecule has 1 fully saturated rings. The Labute approximate surface area is 153 Å². The van der Waals surface area contributed by atoms with Crippen LogP contribution in [-0.4, -0.2) is 44.7 Å². The minimum Gasteiger partial charge on any atom is -0.367 e. The highest BCUT2D eigenvalue weighted by atomic mass is 19.1. The van der Waals surface area contributed by atoms with E-state index in [1.54, 1.807) is 23.9 Å². The molecule has 3 heterocycles. The van der Waals surface area contributed by atoms with Crippen LogP contribution in [0.25, 0.3) is 0 Å². The zero-order chi connectivity index (χ0) is 18.7. The first-order valence-corrected chi connectivity index (χ1v) is 8.96. The molecule has 0 aromatic carbocycles. The lowest BCUT2D eigenvalue weighted by atomic mass is 9.93. The monoisotopic (exact) mass is 359 g/mol. The van der Waals surface area contributed by atoms with Gasteiger partial charge in [0.25, 0.3) is 5.56 Å². The standard InChI is InChI=1S/C19H26FN5O/c1-14-10-17(23-15(2)22-14)21-13-19(20)5-8-25(9-6-19)12-16-4-7-24(3)18(26)11-16/h4,7,10-11H,5-6,8-9,12-13H2,1-3H3,(H,21,22,23). The summed E-state index contributed by atoms with van der Waals surface area (Å²) in [5.74, 6) is 1.36. The summed E-state index contributed by atoms with van der Waals surface area (Å²) in [7, 11) is 1.73. The molecule has 26 heavy (non-hydrogen) atoms. The summed E-state index contributed by atoms with van der Waals surface area (Å²) in [6, 6.07) is 5.43. The number of nitrogens with zero attached hydrogens (tertiary/aromatic N) is 4. The smallest absolute Gasteiger partial charge is 0.250 e. The van der Waals surface area contributed by atoms with Crippen molar-refractivity contribution in [3.8, 4) is 0 Å². The van der Waals surface area contributed by atoms with Crippen molar-refractivity contribution in [1.82, 2.24) is 19.4 Å². The minimum atomic E-state index is -1.24. The Morgan fingerprint density at radius 1 is 1.23 bits per heavy atom. The number of pyridine rings is 1. The highest BCUT2D eigenvalue weighted by Crippen LogP contribution is 2.27. The number of halogens is 1. The lowest BCUT2D eigenvalue weighted by Crippen LogP contribution is -2.45. The zero-order valence-electron chi connectivity index (χ0n) is 15.6. The van der Waals surface area contributed by atoms with Crippen molar-refractivity contribution in [2.75, 3.05) is 25.0 Å². The summed E-state index contributed by atoms with van der Waals surface area (Å²) in [6.07, 6.45) is 2.71. The Balaban J connectivity index is 1.53. The van der Waals surface area contributed by atoms with Gasteiger partial charge >= 0.3 is 0 Å². The second-order valence-electron chi connectivity index (χ2n) is 7.21. The number of aryl methyl sites for hydroxylation is 3. The predicted octanol–water partition coefficient (Wildman–Crippen LogP) is 2.21. The van der Waals surface area contributed by atoms with Crippen LogP contribution in [0.5, 0.6) is 0 Å². The Bertz CT molecular complexity index is 807. The van der Waals surface area contributed by atoms with Gasteiger partial charge in [-0.15, -0.1) is 0 Å². The first-order valence-electron chi connectivity index (χ1n) is 8.96. The van der Waals surface area contributed by atoms with Crippen molar-refractivity contribution >= 4 is 5.82 Å². The molecular formula is C19H26FN5O. The average Bonchev–Trinajstić information content (AvgIpc) is 2.58. The average molecular weight is 359 g/mol. The van der Waals surface area contributed by atoms with Crippen LogP contribution < -0.4 is 10.9 Å². The number of rotatable bonds is 5. The van der Waals surface area contributed by atoms with Gasteiger partial charge in [0.1, 0.15) is 17.3 Å². The van der Waals surface area contributed by atoms with E-state index >= 15 is 4.39 Å². The van der Waals surface area contributed by atoms with Gasteiger partial charge in [0, 0.05) is 50.7 Å². The van der Waals surface area contributed by atoms with Crippen molar-refractivity contribution in [3.63, 3.8) is 0 Å². The number of alkyl halides is 1. The van der Waals surface area contributed by atoms with Gasteiger partial charge in [-0.3, -0.25) is 9.69 Å². The molecule has 1 aliphatic heterocycles. The second kappa shape index (κ2) is 7.53. The quantitative estimate of drug-likeness (QED) is 0.887. The molecule has 0 saturated carbocycles. The summed E-state index contributed by atoms with van der Waals surface area (Å²) in [6.45, 7) is 6.02. The summed E-state index contributed by atoms with van der Waals surface area (Å²) < 4.78 is 16.7. The van der Waals surface area contributed by atoms with E-state index in [0.29, 0.717) is 44.1 Å². The highest BCUT2D eigenvalue weighted by molar-refractivity contribution is 5.36. The van der Waals surface area contributed by atoms with Gasteiger partial charge in [0.05, 0.1) is 6.54 Å². The van der Waals surface area contributed by atoms with Gasteiger partial charge in [-0.1, -0.05) is 0 Å². The molecule has 6 nitrogen and oxygen atoms in total. The fourth-order valence-corrected chi connectivity index (χ4v) is 3.29. The maximum absolute atomic E-state index is 15.1. The van der Waals surface area contributed by atoms with Crippen LogP contribution in [0.3, 0.4) is 0 Å². The van der Waals surface area contributed by atoms with Crippen LogP contribution in [-0.2, 0) is 13.6 Å². The van der Waals surface area contributed by atoms with E-state index in [2.05, 4.69) is 20.2 Å². The second-order valence-corrected chi connectivity index (χ2v) is 7.21. The third-order valence-corrected chi connectivity index (χ3v) is 4.88. The lowest BCUT2D eigenvalue weighted by Gasteiger charge is -2.36. The molecule has 2 aromatic rings. The van der Waals surface area contributed by atoms with Crippen molar-refractivity contribution < 1.29 is 4.39 Å². The maximum Gasteiger partial charge on any atom is 0.250 e. The van der Waals surface area contributed by atoms with Gasteiger partial charge in [-0.2, -0.15) is 0 Å². The first-order chi connectivity index (χ1) is 12.3. The Hall–Kier alpha value is -2.28. The van der Waals surface area contributed by atoms with Crippen LogP contribution in [0.2, 0.25) is 0 Å². The van der Waals surface area contributed by atoms with Crippen molar-refractivity contribution in [2.45, 2.75) is 38.9 Å². The molecule has 7 heteroatoms. The van der Waals surface area contributed by atoms with E-state index in [-0.39, 0.29) is 12.1 Å². The summed E-state index contributed by atoms with van der Waals surface area (Å²) in [5.41, 5.74) is 0.594. The molecule has 1 saturated heterocycles. The van der Waals surface area contributed by atoms with Gasteiger partial charge in [0.15, 0.2) is 0 Å². The van der Waals surface area contributed by atoms with Crippen LogP contribution >= 0.6 is 0 Å². The normalized spacial score (nSPS) is 17.2.